The molecule has 330 valence electrons. The van der Waals surface area contributed by atoms with E-state index >= 15 is 0 Å². The third-order valence-corrected chi connectivity index (χ3v) is 14.3. The molecule has 4 aromatic heterocycles. The van der Waals surface area contributed by atoms with E-state index in [0.717, 1.165) is 105 Å². The standard InChI is InChI=1S/C65H39N5O/c1-3-18-41(19-4-1)63-66-64(68-65(67-63)53-29-15-28-50-47-25-11-14-31-57(47)70(61(50)53)44-22-5-2-6-23-44)51-36-34-45(69-56-30-13-12-26-48(56)55-37-42-20-7-8-21-43(42)38-58(55)69)39-54(51)49-27-16-32-59-60(49)52-35-33-40-17-9-10-24-46(40)62(52)71-59/h1-39H. The van der Waals surface area contributed by atoms with Gasteiger partial charge in [-0.05, 0) is 100 Å². The van der Waals surface area contributed by atoms with Crippen LogP contribution in [0.3, 0.4) is 0 Å². The Labute approximate surface area is 407 Å². The third-order valence-electron chi connectivity index (χ3n) is 14.3. The van der Waals surface area contributed by atoms with Gasteiger partial charge in [0.15, 0.2) is 17.5 Å². The Bertz CT molecular complexity index is 4640. The van der Waals surface area contributed by atoms with Crippen LogP contribution in [0.4, 0.5) is 0 Å². The first-order valence-corrected chi connectivity index (χ1v) is 24.0. The van der Waals surface area contributed by atoms with Gasteiger partial charge in [-0.25, -0.2) is 15.0 Å². The fourth-order valence-corrected chi connectivity index (χ4v) is 11.2. The Kier molecular flexibility index (Phi) is 8.56. The largest absolute Gasteiger partial charge is 0.455 e. The number of furan rings is 1. The molecule has 6 heteroatoms. The lowest BCUT2D eigenvalue weighted by Gasteiger charge is -2.17. The summed E-state index contributed by atoms with van der Waals surface area (Å²) in [6.45, 7) is 0. The number of nitrogens with zero attached hydrogens (tertiary/aromatic N) is 5. The molecular weight excluding hydrogens is 867 g/mol. The van der Waals surface area contributed by atoms with E-state index in [-0.39, 0.29) is 0 Å². The molecule has 6 nitrogen and oxygen atoms in total. The SMILES string of the molecule is c1ccc(-c2nc(-c3ccc(-n4c5ccccc5c5cc6ccccc6cc54)cc3-c3cccc4oc5c6ccccc6ccc5c34)nc(-c3cccc4c5ccccc5n(-c5ccccc5)c34)n2)cc1. The number of rotatable bonds is 6. The van der Waals surface area contributed by atoms with Crippen molar-refractivity contribution in [2.24, 2.45) is 0 Å². The van der Waals surface area contributed by atoms with Gasteiger partial charge in [-0.2, -0.15) is 0 Å². The van der Waals surface area contributed by atoms with Crippen LogP contribution in [-0.2, 0) is 0 Å². The van der Waals surface area contributed by atoms with E-state index in [2.05, 4.69) is 228 Å². The zero-order valence-electron chi connectivity index (χ0n) is 38.2. The van der Waals surface area contributed by atoms with Gasteiger partial charge < -0.3 is 13.6 Å². The summed E-state index contributed by atoms with van der Waals surface area (Å²) in [4.78, 5) is 16.4. The lowest BCUT2D eigenvalue weighted by Crippen LogP contribution is -2.03. The third kappa shape index (κ3) is 6.05. The minimum atomic E-state index is 0.568. The Morgan fingerprint density at radius 3 is 1.72 bits per heavy atom. The molecule has 0 fully saturated rings. The maximum Gasteiger partial charge on any atom is 0.166 e. The molecule has 0 bridgehead atoms. The molecule has 0 atom stereocenters. The maximum absolute atomic E-state index is 6.85. The Hall–Kier alpha value is -9.65. The highest BCUT2D eigenvalue weighted by molar-refractivity contribution is 6.20. The second kappa shape index (κ2) is 15.4. The second-order valence-corrected chi connectivity index (χ2v) is 18.3. The summed E-state index contributed by atoms with van der Waals surface area (Å²) >= 11 is 0. The number of para-hydroxylation sites is 4. The average molecular weight is 906 g/mol. The van der Waals surface area contributed by atoms with Gasteiger partial charge in [0.2, 0.25) is 0 Å². The number of aromatic nitrogens is 5. The van der Waals surface area contributed by atoms with Crippen molar-refractivity contribution in [3.8, 4) is 56.7 Å². The van der Waals surface area contributed by atoms with Crippen molar-refractivity contribution in [2.75, 3.05) is 0 Å². The number of hydrogen-bond donors (Lipinski definition) is 0. The van der Waals surface area contributed by atoms with Gasteiger partial charge in [-0.3, -0.25) is 0 Å². The first-order valence-electron chi connectivity index (χ1n) is 24.0. The zero-order chi connectivity index (χ0) is 46.6. The molecular formula is C65H39N5O. The van der Waals surface area contributed by atoms with E-state index in [1.54, 1.807) is 0 Å². The van der Waals surface area contributed by atoms with Crippen LogP contribution >= 0.6 is 0 Å². The Morgan fingerprint density at radius 2 is 0.915 bits per heavy atom. The van der Waals surface area contributed by atoms with Gasteiger partial charge in [-0.1, -0.05) is 164 Å². The van der Waals surface area contributed by atoms with E-state index < -0.39 is 0 Å². The molecule has 0 spiro atoms. The van der Waals surface area contributed by atoms with Crippen LogP contribution in [0.25, 0.3) is 144 Å². The highest BCUT2D eigenvalue weighted by atomic mass is 16.3. The molecule has 4 heterocycles. The highest BCUT2D eigenvalue weighted by Crippen LogP contribution is 2.45. The maximum atomic E-state index is 6.85. The quantitative estimate of drug-likeness (QED) is 0.167. The van der Waals surface area contributed by atoms with Crippen molar-refractivity contribution in [1.29, 1.82) is 0 Å². The minimum Gasteiger partial charge on any atom is -0.455 e. The lowest BCUT2D eigenvalue weighted by molar-refractivity contribution is 0.673. The Morgan fingerprint density at radius 1 is 0.310 bits per heavy atom. The predicted molar refractivity (Wildman–Crippen MR) is 293 cm³/mol. The van der Waals surface area contributed by atoms with Crippen molar-refractivity contribution in [2.45, 2.75) is 0 Å². The molecule has 0 aliphatic heterocycles. The molecule has 0 aliphatic carbocycles. The second-order valence-electron chi connectivity index (χ2n) is 18.3. The van der Waals surface area contributed by atoms with E-state index in [1.807, 2.05) is 18.2 Å². The summed E-state index contributed by atoms with van der Waals surface area (Å²) < 4.78 is 11.6. The highest BCUT2D eigenvalue weighted by Gasteiger charge is 2.24. The summed E-state index contributed by atoms with van der Waals surface area (Å²) in [5.41, 5.74) is 12.9. The topological polar surface area (TPSA) is 61.7 Å². The van der Waals surface area contributed by atoms with E-state index in [9.17, 15) is 0 Å². The van der Waals surface area contributed by atoms with Crippen LogP contribution in [0.5, 0.6) is 0 Å². The molecule has 0 radical (unpaired) electrons. The summed E-state index contributed by atoms with van der Waals surface area (Å²) in [5, 5.41) is 11.4. The fourth-order valence-electron chi connectivity index (χ4n) is 11.2. The molecule has 0 N–H and O–H groups in total. The molecule has 0 saturated carbocycles. The van der Waals surface area contributed by atoms with Gasteiger partial charge in [-0.15, -0.1) is 0 Å². The van der Waals surface area contributed by atoms with Crippen LogP contribution < -0.4 is 0 Å². The van der Waals surface area contributed by atoms with E-state index in [1.165, 1.54) is 21.5 Å². The molecule has 11 aromatic carbocycles. The van der Waals surface area contributed by atoms with Gasteiger partial charge in [0.25, 0.3) is 0 Å². The molecule has 15 rings (SSSR count). The Balaban J connectivity index is 1.05. The zero-order valence-corrected chi connectivity index (χ0v) is 38.2. The predicted octanol–water partition coefficient (Wildman–Crippen LogP) is 16.9. The monoisotopic (exact) mass is 905 g/mol. The first kappa shape index (κ1) is 39.4. The van der Waals surface area contributed by atoms with Gasteiger partial charge >= 0.3 is 0 Å². The lowest BCUT2D eigenvalue weighted by atomic mass is 9.93. The number of hydrogen-bond acceptors (Lipinski definition) is 4. The first-order chi connectivity index (χ1) is 35.2. The average Bonchev–Trinajstić information content (AvgIpc) is 4.11. The normalized spacial score (nSPS) is 11.9. The fraction of sp³-hybridized carbons (Fsp3) is 0. The summed E-state index contributed by atoms with van der Waals surface area (Å²) in [5.74, 6) is 1.74. The van der Waals surface area contributed by atoms with E-state index in [0.29, 0.717) is 17.5 Å². The number of fused-ring (bicyclic) bond motifs is 12. The van der Waals surface area contributed by atoms with Crippen molar-refractivity contribution in [3.63, 3.8) is 0 Å². The molecule has 0 saturated heterocycles. The van der Waals surface area contributed by atoms with Crippen molar-refractivity contribution < 1.29 is 4.42 Å². The summed E-state index contributed by atoms with van der Waals surface area (Å²) in [6.07, 6.45) is 0. The summed E-state index contributed by atoms with van der Waals surface area (Å²) in [6, 6.07) is 83.9. The van der Waals surface area contributed by atoms with Crippen molar-refractivity contribution in [1.82, 2.24) is 24.1 Å². The molecule has 0 unspecified atom stereocenters. The molecule has 71 heavy (non-hydrogen) atoms. The van der Waals surface area contributed by atoms with Crippen LogP contribution in [0, 0.1) is 0 Å². The van der Waals surface area contributed by atoms with Gasteiger partial charge in [0.05, 0.1) is 22.1 Å². The van der Waals surface area contributed by atoms with Crippen molar-refractivity contribution in [3.05, 3.63) is 237 Å². The van der Waals surface area contributed by atoms with Gasteiger partial charge in [0.1, 0.15) is 11.2 Å². The van der Waals surface area contributed by atoms with Crippen LogP contribution in [0.15, 0.2) is 241 Å². The summed E-state index contributed by atoms with van der Waals surface area (Å²) in [7, 11) is 0. The van der Waals surface area contributed by atoms with Crippen LogP contribution in [0.1, 0.15) is 0 Å². The molecule has 0 aliphatic rings. The molecule has 0 amide bonds. The van der Waals surface area contributed by atoms with Crippen molar-refractivity contribution >= 4 is 87.1 Å². The van der Waals surface area contributed by atoms with E-state index in [4.69, 9.17) is 19.4 Å². The minimum absolute atomic E-state index is 0.568. The molecule has 15 aromatic rings. The van der Waals surface area contributed by atoms with Crippen LogP contribution in [-0.4, -0.2) is 24.1 Å². The number of benzene rings is 11. The van der Waals surface area contributed by atoms with Crippen LogP contribution in [0.2, 0.25) is 0 Å². The van der Waals surface area contributed by atoms with Gasteiger partial charge in [0, 0.05) is 65.8 Å². The smallest absolute Gasteiger partial charge is 0.166 e.